The number of unbranched alkanes of at least 4 members (excludes halogenated alkanes) is 2. The van der Waals surface area contributed by atoms with Crippen LogP contribution >= 0.6 is 0 Å². The highest BCUT2D eigenvalue weighted by molar-refractivity contribution is 6.46. The molecule has 2 aromatic carbocycles. The van der Waals surface area contributed by atoms with Gasteiger partial charge in [0, 0.05) is 24.5 Å². The number of carbonyl (C=O) groups excluding carboxylic acids is 2. The summed E-state index contributed by atoms with van der Waals surface area (Å²) in [7, 11) is 0. The zero-order chi connectivity index (χ0) is 26.5. The molecule has 5 rings (SSSR count). The van der Waals surface area contributed by atoms with E-state index in [9.17, 15) is 14.7 Å². The van der Waals surface area contributed by atoms with Crippen LogP contribution in [0.25, 0.3) is 5.76 Å². The van der Waals surface area contributed by atoms with Crippen molar-refractivity contribution in [3.8, 4) is 17.2 Å². The quantitative estimate of drug-likeness (QED) is 0.185. The number of aromatic nitrogens is 1. The molecule has 0 spiro atoms. The van der Waals surface area contributed by atoms with Gasteiger partial charge in [-0.2, -0.15) is 0 Å². The Kier molecular flexibility index (Phi) is 7.58. The molecule has 1 atom stereocenters. The third-order valence-electron chi connectivity index (χ3n) is 6.67. The number of amides is 1. The number of hydrogen-bond acceptors (Lipinski definition) is 7. The van der Waals surface area contributed by atoms with E-state index in [1.807, 2.05) is 24.3 Å². The van der Waals surface area contributed by atoms with Gasteiger partial charge in [0.2, 0.25) is 0 Å². The molecule has 8 heteroatoms. The van der Waals surface area contributed by atoms with Crippen molar-refractivity contribution in [2.45, 2.75) is 38.8 Å². The summed E-state index contributed by atoms with van der Waals surface area (Å²) >= 11 is 0. The van der Waals surface area contributed by atoms with Crippen molar-refractivity contribution >= 4 is 17.4 Å². The fraction of sp³-hybridized carbons (Fsp3) is 0.300. The Balaban J connectivity index is 1.53. The highest BCUT2D eigenvalue weighted by Gasteiger charge is 2.46. The van der Waals surface area contributed by atoms with Gasteiger partial charge in [-0.3, -0.25) is 14.6 Å². The largest absolute Gasteiger partial charge is 0.507 e. The van der Waals surface area contributed by atoms with Crippen LogP contribution in [0.2, 0.25) is 0 Å². The van der Waals surface area contributed by atoms with Crippen molar-refractivity contribution in [1.82, 2.24) is 9.88 Å². The van der Waals surface area contributed by atoms with E-state index in [1.54, 1.807) is 42.7 Å². The number of ketones is 1. The van der Waals surface area contributed by atoms with Crippen molar-refractivity contribution in [1.29, 1.82) is 0 Å². The average molecular weight is 515 g/mol. The van der Waals surface area contributed by atoms with Crippen LogP contribution in [-0.2, 0) is 16.1 Å². The third kappa shape index (κ3) is 5.20. The second kappa shape index (κ2) is 11.4. The molecule has 1 N–H and O–H groups in total. The molecular formula is C30H30N2O6. The molecule has 0 saturated carbocycles. The van der Waals surface area contributed by atoms with Crippen LogP contribution in [-0.4, -0.2) is 46.5 Å². The van der Waals surface area contributed by atoms with E-state index in [2.05, 4.69) is 11.9 Å². The summed E-state index contributed by atoms with van der Waals surface area (Å²) in [4.78, 5) is 32.2. The van der Waals surface area contributed by atoms with Crippen LogP contribution in [0.3, 0.4) is 0 Å². The molecule has 196 valence electrons. The second-order valence-corrected chi connectivity index (χ2v) is 9.27. The summed E-state index contributed by atoms with van der Waals surface area (Å²) in [5.74, 6) is 0.0804. The van der Waals surface area contributed by atoms with Gasteiger partial charge in [-0.05, 0) is 60.0 Å². The van der Waals surface area contributed by atoms with Gasteiger partial charge in [0.25, 0.3) is 11.7 Å². The monoisotopic (exact) mass is 514 g/mol. The highest BCUT2D eigenvalue weighted by atomic mass is 16.6. The van der Waals surface area contributed by atoms with Crippen molar-refractivity contribution < 1.29 is 28.9 Å². The van der Waals surface area contributed by atoms with Crippen LogP contribution < -0.4 is 14.2 Å². The van der Waals surface area contributed by atoms with E-state index in [4.69, 9.17) is 14.2 Å². The number of ether oxygens (including phenoxy) is 3. The fourth-order valence-corrected chi connectivity index (χ4v) is 4.71. The standard InChI is InChI=1S/C30H30N2O6/c1-2-3-4-15-36-23-8-5-21(6-9-23)27-26(28(33)22-7-10-24-25(18-22)38-17-16-37-24)29(34)30(35)32(27)19-20-11-13-31-14-12-20/h5-14,18,27,33H,2-4,15-17,19H2,1H3/b28-26+. The Morgan fingerprint density at radius 3 is 2.47 bits per heavy atom. The predicted octanol–water partition coefficient (Wildman–Crippen LogP) is 5.04. The molecule has 1 fully saturated rings. The Bertz CT molecular complexity index is 1340. The van der Waals surface area contributed by atoms with Crippen LogP contribution in [0.1, 0.15) is 48.9 Å². The number of hydrogen-bond donors (Lipinski definition) is 1. The smallest absolute Gasteiger partial charge is 0.295 e. The first-order valence-corrected chi connectivity index (χ1v) is 12.9. The van der Waals surface area contributed by atoms with E-state index in [0.717, 1.165) is 24.8 Å². The van der Waals surface area contributed by atoms with E-state index >= 15 is 0 Å². The number of Topliss-reactive ketones (excluding diaryl/α,β-unsaturated/α-hetero) is 1. The van der Waals surface area contributed by atoms with Crippen LogP contribution in [0.4, 0.5) is 0 Å². The molecule has 0 radical (unpaired) electrons. The Morgan fingerprint density at radius 1 is 1.00 bits per heavy atom. The minimum Gasteiger partial charge on any atom is -0.507 e. The number of nitrogens with zero attached hydrogens (tertiary/aromatic N) is 2. The molecule has 3 aromatic rings. The first kappa shape index (κ1) is 25.3. The number of fused-ring (bicyclic) bond motifs is 1. The molecule has 2 aliphatic heterocycles. The van der Waals surface area contributed by atoms with Crippen LogP contribution in [0, 0.1) is 0 Å². The van der Waals surface area contributed by atoms with E-state index in [-0.39, 0.29) is 17.9 Å². The number of rotatable bonds is 9. The molecule has 1 amide bonds. The van der Waals surface area contributed by atoms with Gasteiger partial charge < -0.3 is 24.2 Å². The minimum absolute atomic E-state index is 0.0253. The maximum atomic E-state index is 13.4. The zero-order valence-corrected chi connectivity index (χ0v) is 21.3. The van der Waals surface area contributed by atoms with Gasteiger partial charge in [0.15, 0.2) is 11.5 Å². The lowest BCUT2D eigenvalue weighted by atomic mass is 9.95. The van der Waals surface area contributed by atoms with Crippen molar-refractivity contribution in [3.05, 3.63) is 89.3 Å². The van der Waals surface area contributed by atoms with Gasteiger partial charge in [0.1, 0.15) is 24.7 Å². The SMILES string of the molecule is CCCCCOc1ccc(C2/C(=C(\O)c3ccc4c(c3)OCCO4)C(=O)C(=O)N2Cc2ccncc2)cc1. The second-order valence-electron chi connectivity index (χ2n) is 9.27. The maximum Gasteiger partial charge on any atom is 0.295 e. The maximum absolute atomic E-state index is 13.4. The van der Waals surface area contributed by atoms with Crippen LogP contribution in [0.15, 0.2) is 72.6 Å². The number of aliphatic hydroxyl groups excluding tert-OH is 1. The first-order valence-electron chi connectivity index (χ1n) is 12.9. The number of aliphatic hydroxyl groups is 1. The summed E-state index contributed by atoms with van der Waals surface area (Å²) in [6.45, 7) is 3.78. The van der Waals surface area contributed by atoms with Crippen LogP contribution in [0.5, 0.6) is 17.2 Å². The number of likely N-dealkylation sites (tertiary alicyclic amines) is 1. The molecule has 1 aromatic heterocycles. The predicted molar refractivity (Wildman–Crippen MR) is 141 cm³/mol. The lowest BCUT2D eigenvalue weighted by Gasteiger charge is -2.26. The summed E-state index contributed by atoms with van der Waals surface area (Å²) in [5, 5.41) is 11.4. The normalized spacial score (nSPS) is 18.0. The van der Waals surface area contributed by atoms with Gasteiger partial charge in [-0.15, -0.1) is 0 Å². The molecule has 0 aliphatic carbocycles. The number of benzene rings is 2. The third-order valence-corrected chi connectivity index (χ3v) is 6.67. The van der Waals surface area contributed by atoms with Crippen molar-refractivity contribution in [3.63, 3.8) is 0 Å². The minimum atomic E-state index is -0.787. The number of pyridine rings is 1. The topological polar surface area (TPSA) is 98.2 Å². The lowest BCUT2D eigenvalue weighted by molar-refractivity contribution is -0.140. The van der Waals surface area contributed by atoms with Gasteiger partial charge >= 0.3 is 0 Å². The summed E-state index contributed by atoms with van der Waals surface area (Å²) in [6.07, 6.45) is 6.46. The summed E-state index contributed by atoms with van der Waals surface area (Å²) in [5.41, 5.74) is 1.91. The van der Waals surface area contributed by atoms with E-state index in [0.29, 0.717) is 48.2 Å². The Hall–Kier alpha value is -4.33. The Labute approximate surface area is 221 Å². The van der Waals surface area contributed by atoms with Gasteiger partial charge in [-0.25, -0.2) is 0 Å². The van der Waals surface area contributed by atoms with E-state index < -0.39 is 17.7 Å². The van der Waals surface area contributed by atoms with E-state index in [1.165, 1.54) is 4.90 Å². The van der Waals surface area contributed by atoms with Gasteiger partial charge in [0.05, 0.1) is 18.2 Å². The highest BCUT2D eigenvalue weighted by Crippen LogP contribution is 2.42. The first-order chi connectivity index (χ1) is 18.6. The molecular weight excluding hydrogens is 484 g/mol. The lowest BCUT2D eigenvalue weighted by Crippen LogP contribution is -2.29. The summed E-state index contributed by atoms with van der Waals surface area (Å²) in [6, 6.07) is 15.1. The average Bonchev–Trinajstić information content (AvgIpc) is 3.20. The molecule has 38 heavy (non-hydrogen) atoms. The molecule has 3 heterocycles. The summed E-state index contributed by atoms with van der Waals surface area (Å²) < 4.78 is 17.1. The molecule has 0 bridgehead atoms. The molecule has 8 nitrogen and oxygen atoms in total. The molecule has 1 saturated heterocycles. The molecule has 1 unspecified atom stereocenters. The van der Waals surface area contributed by atoms with Gasteiger partial charge in [-0.1, -0.05) is 31.9 Å². The Morgan fingerprint density at radius 2 is 1.74 bits per heavy atom. The fourth-order valence-electron chi connectivity index (χ4n) is 4.71. The van der Waals surface area contributed by atoms with Crippen molar-refractivity contribution in [2.24, 2.45) is 0 Å². The zero-order valence-electron chi connectivity index (χ0n) is 21.3. The van der Waals surface area contributed by atoms with Crippen molar-refractivity contribution in [2.75, 3.05) is 19.8 Å². The number of carbonyl (C=O) groups is 2. The molecule has 2 aliphatic rings.